The molecule has 2 N–H and O–H groups in total. The number of carboxylic acids is 1. The fourth-order valence-corrected chi connectivity index (χ4v) is 3.48. The molecule has 6 heteroatoms. The van der Waals surface area contributed by atoms with E-state index in [0.29, 0.717) is 12.8 Å². The molecule has 0 rings (SSSR count). The molecule has 5 nitrogen and oxygen atoms in total. The second-order valence-electron chi connectivity index (χ2n) is 3.74. The lowest BCUT2D eigenvalue weighted by molar-refractivity contribution is -0.132. The van der Waals surface area contributed by atoms with Crippen LogP contribution in [0, 0.1) is 5.92 Å². The standard InChI is InChI=1S/C11H21O5P/c1-5-8(6-2)10(17(14,15)16-4)9(7-3)11(12)13/h8H,5-7H2,1-4H3,(H,12,13)(H,14,15). The van der Waals surface area contributed by atoms with Gasteiger partial charge < -0.3 is 14.5 Å². The molecule has 0 aliphatic rings. The summed E-state index contributed by atoms with van der Waals surface area (Å²) in [5.74, 6) is -1.39. The largest absolute Gasteiger partial charge is 0.478 e. The molecule has 17 heavy (non-hydrogen) atoms. The van der Waals surface area contributed by atoms with Gasteiger partial charge in [-0.3, -0.25) is 4.57 Å². The van der Waals surface area contributed by atoms with Crippen LogP contribution in [0.1, 0.15) is 40.0 Å². The smallest absolute Gasteiger partial charge is 0.355 e. The molecule has 0 saturated carbocycles. The van der Waals surface area contributed by atoms with E-state index in [-0.39, 0.29) is 23.2 Å². The Morgan fingerprint density at radius 3 is 2.00 bits per heavy atom. The van der Waals surface area contributed by atoms with E-state index in [4.69, 9.17) is 5.11 Å². The fourth-order valence-electron chi connectivity index (χ4n) is 1.86. The molecule has 0 amide bonds. The van der Waals surface area contributed by atoms with Gasteiger partial charge in [0, 0.05) is 12.7 Å². The highest BCUT2D eigenvalue weighted by Crippen LogP contribution is 2.56. The molecule has 0 bridgehead atoms. The lowest BCUT2D eigenvalue weighted by atomic mass is 9.98. The maximum atomic E-state index is 12.0. The first-order valence-electron chi connectivity index (χ1n) is 5.70. The topological polar surface area (TPSA) is 83.8 Å². The number of carbonyl (C=O) groups is 1. The average Bonchev–Trinajstić information content (AvgIpc) is 2.29. The third kappa shape index (κ3) is 3.95. The summed E-state index contributed by atoms with van der Waals surface area (Å²) in [5.41, 5.74) is -0.00798. The van der Waals surface area contributed by atoms with Gasteiger partial charge in [0.15, 0.2) is 0 Å². The zero-order valence-electron chi connectivity index (χ0n) is 10.8. The first-order chi connectivity index (χ1) is 7.85. The van der Waals surface area contributed by atoms with Crippen molar-refractivity contribution in [2.24, 2.45) is 5.92 Å². The van der Waals surface area contributed by atoms with E-state index in [1.165, 1.54) is 0 Å². The van der Waals surface area contributed by atoms with Crippen molar-refractivity contribution in [3.05, 3.63) is 10.9 Å². The van der Waals surface area contributed by atoms with Crippen molar-refractivity contribution in [3.8, 4) is 0 Å². The SMILES string of the molecule is CCC(C(=O)O)=C(C(CC)CC)P(=O)(O)OC. The van der Waals surface area contributed by atoms with Crippen molar-refractivity contribution in [3.63, 3.8) is 0 Å². The summed E-state index contributed by atoms with van der Waals surface area (Å²) in [6, 6.07) is 0. The molecule has 0 aliphatic heterocycles. The lowest BCUT2D eigenvalue weighted by Gasteiger charge is -2.23. The summed E-state index contributed by atoms with van der Waals surface area (Å²) in [6.07, 6.45) is 1.42. The summed E-state index contributed by atoms with van der Waals surface area (Å²) in [6.45, 7) is 5.37. The Bertz CT molecular complexity index is 344. The molecule has 0 spiro atoms. The van der Waals surface area contributed by atoms with Gasteiger partial charge in [0.2, 0.25) is 0 Å². The van der Waals surface area contributed by atoms with E-state index < -0.39 is 13.6 Å². The summed E-state index contributed by atoms with van der Waals surface area (Å²) < 4.78 is 16.6. The van der Waals surface area contributed by atoms with Crippen LogP contribution in [0.25, 0.3) is 0 Å². The van der Waals surface area contributed by atoms with Gasteiger partial charge >= 0.3 is 13.6 Å². The molecule has 100 valence electrons. The Balaban J connectivity index is 5.85. The van der Waals surface area contributed by atoms with Gasteiger partial charge in [-0.25, -0.2) is 4.79 Å². The molecule has 0 aliphatic carbocycles. The quantitative estimate of drug-likeness (QED) is 0.545. The highest BCUT2D eigenvalue weighted by molar-refractivity contribution is 7.57. The Kier molecular flexibility index (Phi) is 6.68. The predicted molar refractivity (Wildman–Crippen MR) is 65.9 cm³/mol. The number of carboxylic acid groups (broad SMARTS) is 1. The van der Waals surface area contributed by atoms with Crippen molar-refractivity contribution in [2.45, 2.75) is 40.0 Å². The first kappa shape index (κ1) is 16.4. The van der Waals surface area contributed by atoms with E-state index in [2.05, 4.69) is 4.52 Å². The highest BCUT2D eigenvalue weighted by atomic mass is 31.2. The molecule has 0 fully saturated rings. The summed E-state index contributed by atoms with van der Waals surface area (Å²) in [5, 5.41) is 9.15. The fraction of sp³-hybridized carbons (Fsp3) is 0.727. The van der Waals surface area contributed by atoms with Crippen LogP contribution in [0.4, 0.5) is 0 Å². The molecular weight excluding hydrogens is 243 g/mol. The monoisotopic (exact) mass is 264 g/mol. The zero-order chi connectivity index (χ0) is 13.6. The summed E-state index contributed by atoms with van der Waals surface area (Å²) in [7, 11) is -2.88. The van der Waals surface area contributed by atoms with Gasteiger partial charge in [0.1, 0.15) is 0 Å². The van der Waals surface area contributed by atoms with Crippen LogP contribution in [-0.2, 0) is 13.9 Å². The van der Waals surface area contributed by atoms with Crippen LogP contribution in [-0.4, -0.2) is 23.1 Å². The minimum atomic E-state index is -4.00. The molecule has 0 aromatic heterocycles. The van der Waals surface area contributed by atoms with Gasteiger partial charge in [-0.1, -0.05) is 20.8 Å². The number of rotatable bonds is 7. The Morgan fingerprint density at radius 1 is 1.29 bits per heavy atom. The zero-order valence-corrected chi connectivity index (χ0v) is 11.7. The number of hydrogen-bond acceptors (Lipinski definition) is 3. The minimum Gasteiger partial charge on any atom is -0.478 e. The van der Waals surface area contributed by atoms with Crippen LogP contribution in [0.5, 0.6) is 0 Å². The van der Waals surface area contributed by atoms with Crippen molar-refractivity contribution in [1.29, 1.82) is 0 Å². The number of aliphatic carboxylic acids is 1. The lowest BCUT2D eigenvalue weighted by Crippen LogP contribution is -2.12. The van der Waals surface area contributed by atoms with E-state index in [1.54, 1.807) is 6.92 Å². The first-order valence-corrected chi connectivity index (χ1v) is 7.28. The normalized spacial score (nSPS) is 16.6. The van der Waals surface area contributed by atoms with Crippen LogP contribution in [0.3, 0.4) is 0 Å². The maximum Gasteiger partial charge on any atom is 0.355 e. The molecule has 0 heterocycles. The minimum absolute atomic E-state index is 0.00798. The summed E-state index contributed by atoms with van der Waals surface area (Å²) >= 11 is 0. The van der Waals surface area contributed by atoms with E-state index in [1.807, 2.05) is 13.8 Å². The molecule has 0 aromatic carbocycles. The second kappa shape index (κ2) is 6.94. The maximum absolute atomic E-state index is 12.0. The number of allylic oxidation sites excluding steroid dienone is 1. The molecule has 0 aromatic rings. The van der Waals surface area contributed by atoms with Gasteiger partial charge in [-0.2, -0.15) is 0 Å². The van der Waals surface area contributed by atoms with Crippen molar-refractivity contribution >= 4 is 13.6 Å². The van der Waals surface area contributed by atoms with Gasteiger partial charge in [0.25, 0.3) is 0 Å². The molecule has 0 saturated heterocycles. The van der Waals surface area contributed by atoms with E-state index >= 15 is 0 Å². The van der Waals surface area contributed by atoms with Crippen LogP contribution in [0.15, 0.2) is 10.9 Å². The molecule has 0 radical (unpaired) electrons. The van der Waals surface area contributed by atoms with Gasteiger partial charge in [-0.05, 0) is 25.2 Å². The molecular formula is C11H21O5P. The second-order valence-corrected chi connectivity index (χ2v) is 5.63. The Labute approximate surface area is 102 Å². The van der Waals surface area contributed by atoms with E-state index in [0.717, 1.165) is 7.11 Å². The van der Waals surface area contributed by atoms with Crippen LogP contribution < -0.4 is 0 Å². The third-order valence-corrected chi connectivity index (χ3v) is 4.58. The third-order valence-electron chi connectivity index (χ3n) is 2.85. The predicted octanol–water partition coefficient (Wildman–Crippen LogP) is 3.00. The summed E-state index contributed by atoms with van der Waals surface area (Å²) in [4.78, 5) is 20.9. The molecule has 1 atom stereocenters. The Morgan fingerprint density at radius 2 is 1.76 bits per heavy atom. The number of hydrogen-bond donors (Lipinski definition) is 2. The van der Waals surface area contributed by atoms with Crippen LogP contribution in [0.2, 0.25) is 0 Å². The molecule has 1 unspecified atom stereocenters. The van der Waals surface area contributed by atoms with Crippen LogP contribution >= 0.6 is 7.60 Å². The van der Waals surface area contributed by atoms with Gasteiger partial charge in [0.05, 0.1) is 5.31 Å². The van der Waals surface area contributed by atoms with E-state index in [9.17, 15) is 14.3 Å². The Hall–Kier alpha value is -0.640. The van der Waals surface area contributed by atoms with Gasteiger partial charge in [-0.15, -0.1) is 0 Å². The highest BCUT2D eigenvalue weighted by Gasteiger charge is 2.34. The van der Waals surface area contributed by atoms with Crippen molar-refractivity contribution in [2.75, 3.05) is 7.11 Å². The van der Waals surface area contributed by atoms with Crippen molar-refractivity contribution < 1.29 is 23.9 Å². The average molecular weight is 264 g/mol. The van der Waals surface area contributed by atoms with Crippen molar-refractivity contribution in [1.82, 2.24) is 0 Å².